The quantitative estimate of drug-likeness (QED) is 0.640. The number of fused-ring (bicyclic) bond motifs is 1. The Morgan fingerprint density at radius 2 is 1.82 bits per heavy atom. The van der Waals surface area contributed by atoms with E-state index in [1.807, 2.05) is 12.1 Å². The number of nitrogens with one attached hydrogen (secondary N) is 1. The molecule has 0 radical (unpaired) electrons. The van der Waals surface area contributed by atoms with Crippen molar-refractivity contribution in [2.45, 2.75) is 12.6 Å². The van der Waals surface area contributed by atoms with Gasteiger partial charge in [-0.15, -0.1) is 15.0 Å². The van der Waals surface area contributed by atoms with E-state index in [4.69, 9.17) is 9.84 Å². The highest BCUT2D eigenvalue weighted by atomic mass is 19.4. The average Bonchev–Trinajstić information content (AvgIpc) is 3.09. The number of carbonyl (C=O) groups excluding carboxylic acids is 1. The first-order chi connectivity index (χ1) is 13.4. The van der Waals surface area contributed by atoms with E-state index in [1.165, 1.54) is 4.80 Å². The van der Waals surface area contributed by atoms with Crippen molar-refractivity contribution in [1.29, 1.82) is 0 Å². The maximum Gasteiger partial charge on any atom is 0.405 e. The molecule has 0 spiro atoms. The smallest absolute Gasteiger partial charge is 0.405 e. The van der Waals surface area contributed by atoms with Crippen LogP contribution in [-0.4, -0.2) is 51.9 Å². The second kappa shape index (κ2) is 8.26. The lowest BCUT2D eigenvalue weighted by Gasteiger charge is -2.13. The zero-order valence-electron chi connectivity index (χ0n) is 14.6. The van der Waals surface area contributed by atoms with Gasteiger partial charge in [-0.1, -0.05) is 18.2 Å². The van der Waals surface area contributed by atoms with Gasteiger partial charge in [-0.3, -0.25) is 4.79 Å². The van der Waals surface area contributed by atoms with Crippen LogP contribution in [0.3, 0.4) is 0 Å². The Labute approximate surface area is 157 Å². The van der Waals surface area contributed by atoms with E-state index in [1.54, 1.807) is 35.6 Å². The van der Waals surface area contributed by atoms with E-state index in [0.29, 0.717) is 23.1 Å². The van der Waals surface area contributed by atoms with Gasteiger partial charge in [0.05, 0.1) is 0 Å². The summed E-state index contributed by atoms with van der Waals surface area (Å²) in [6.07, 6.45) is -4.11. The lowest BCUT2D eigenvalue weighted by Crippen LogP contribution is -2.36. The van der Waals surface area contributed by atoms with Gasteiger partial charge >= 0.3 is 6.18 Å². The van der Waals surface area contributed by atoms with Crippen LogP contribution in [-0.2, 0) is 11.2 Å². The van der Waals surface area contributed by atoms with E-state index >= 15 is 0 Å². The lowest BCUT2D eigenvalue weighted by atomic mass is 10.1. The second-order valence-electron chi connectivity index (χ2n) is 5.93. The summed E-state index contributed by atoms with van der Waals surface area (Å²) in [5, 5.41) is 19.6. The largest absolute Gasteiger partial charge is 0.481 e. The number of aliphatic hydroxyl groups is 1. The normalized spacial score (nSPS) is 11.6. The standard InChI is InChI=1S/C18H17F3N4O3/c19-18(20,21)11-22-17(27)10-28-16-6-5-12(7-8-26)9-15(16)25-23-13-3-1-2-4-14(13)24-25/h1-6,9,26H,7-8,10-11H2,(H,22,27). The minimum absolute atomic E-state index is 0.0615. The number of amides is 1. The zero-order chi connectivity index (χ0) is 20.1. The fourth-order valence-corrected chi connectivity index (χ4v) is 2.49. The first-order valence-corrected chi connectivity index (χ1v) is 8.38. The monoisotopic (exact) mass is 394 g/mol. The number of benzene rings is 2. The Bertz CT molecular complexity index is 939. The van der Waals surface area contributed by atoms with E-state index in [2.05, 4.69) is 10.2 Å². The Morgan fingerprint density at radius 3 is 2.43 bits per heavy atom. The van der Waals surface area contributed by atoms with Crippen molar-refractivity contribution in [2.75, 3.05) is 19.8 Å². The number of aromatic nitrogens is 3. The predicted molar refractivity (Wildman–Crippen MR) is 94.2 cm³/mol. The van der Waals surface area contributed by atoms with Crippen LogP contribution in [0.4, 0.5) is 13.2 Å². The molecule has 2 aromatic carbocycles. The van der Waals surface area contributed by atoms with Gasteiger partial charge in [0.2, 0.25) is 0 Å². The van der Waals surface area contributed by atoms with Gasteiger partial charge in [0.15, 0.2) is 6.61 Å². The van der Waals surface area contributed by atoms with Crippen molar-refractivity contribution in [3.8, 4) is 11.4 Å². The highest BCUT2D eigenvalue weighted by Crippen LogP contribution is 2.25. The van der Waals surface area contributed by atoms with Crippen LogP contribution >= 0.6 is 0 Å². The molecule has 0 saturated carbocycles. The van der Waals surface area contributed by atoms with E-state index in [9.17, 15) is 18.0 Å². The van der Waals surface area contributed by atoms with Crippen molar-refractivity contribution in [2.24, 2.45) is 0 Å². The first-order valence-electron chi connectivity index (χ1n) is 8.38. The van der Waals surface area contributed by atoms with Gasteiger partial charge < -0.3 is 15.2 Å². The van der Waals surface area contributed by atoms with Gasteiger partial charge in [-0.05, 0) is 36.2 Å². The molecule has 3 aromatic rings. The molecule has 1 heterocycles. The summed E-state index contributed by atoms with van der Waals surface area (Å²) in [7, 11) is 0. The van der Waals surface area contributed by atoms with Crippen molar-refractivity contribution >= 4 is 16.9 Å². The Balaban J connectivity index is 1.83. The third-order valence-electron chi connectivity index (χ3n) is 3.77. The fraction of sp³-hybridized carbons (Fsp3) is 0.278. The Kier molecular flexibility index (Phi) is 5.78. The van der Waals surface area contributed by atoms with E-state index in [0.717, 1.165) is 5.56 Å². The van der Waals surface area contributed by atoms with E-state index < -0.39 is 25.2 Å². The molecule has 0 bridgehead atoms. The summed E-state index contributed by atoms with van der Waals surface area (Å²) in [6, 6.07) is 12.1. The molecular weight excluding hydrogens is 377 g/mol. The minimum Gasteiger partial charge on any atom is -0.481 e. The molecule has 0 fully saturated rings. The fourth-order valence-electron chi connectivity index (χ4n) is 2.49. The molecule has 0 saturated heterocycles. The number of nitrogens with zero attached hydrogens (tertiary/aromatic N) is 3. The molecule has 2 N–H and O–H groups in total. The summed E-state index contributed by atoms with van der Waals surface area (Å²) in [4.78, 5) is 12.9. The summed E-state index contributed by atoms with van der Waals surface area (Å²) in [5.41, 5.74) is 2.48. The summed E-state index contributed by atoms with van der Waals surface area (Å²) in [5.74, 6) is -0.676. The summed E-state index contributed by atoms with van der Waals surface area (Å²) in [6.45, 7) is -2.08. The van der Waals surface area contributed by atoms with Crippen molar-refractivity contribution in [1.82, 2.24) is 20.3 Å². The first kappa shape index (κ1) is 19.6. The maximum atomic E-state index is 12.2. The second-order valence-corrected chi connectivity index (χ2v) is 5.93. The zero-order valence-corrected chi connectivity index (χ0v) is 14.6. The number of halogens is 3. The molecule has 10 heteroatoms. The predicted octanol–water partition coefficient (Wildman–Crippen LogP) is 2.01. The summed E-state index contributed by atoms with van der Waals surface area (Å²) >= 11 is 0. The Hall–Kier alpha value is -3.14. The van der Waals surface area contributed by atoms with Gasteiger partial charge in [0, 0.05) is 6.61 Å². The number of alkyl halides is 3. The van der Waals surface area contributed by atoms with Crippen molar-refractivity contribution in [3.63, 3.8) is 0 Å². The lowest BCUT2D eigenvalue weighted by molar-refractivity contribution is -0.139. The number of rotatable bonds is 7. The molecule has 1 aromatic heterocycles. The van der Waals surface area contributed by atoms with Crippen LogP contribution in [0.1, 0.15) is 5.56 Å². The van der Waals surface area contributed by atoms with Crippen LogP contribution in [0.15, 0.2) is 42.5 Å². The van der Waals surface area contributed by atoms with Crippen LogP contribution in [0.5, 0.6) is 5.75 Å². The topological polar surface area (TPSA) is 89.3 Å². The molecule has 0 aliphatic carbocycles. The number of aliphatic hydroxyl groups excluding tert-OH is 1. The number of hydrogen-bond donors (Lipinski definition) is 2. The molecular formula is C18H17F3N4O3. The average molecular weight is 394 g/mol. The van der Waals surface area contributed by atoms with Crippen LogP contribution in [0, 0.1) is 0 Å². The van der Waals surface area contributed by atoms with Crippen LogP contribution in [0.25, 0.3) is 16.7 Å². The maximum absolute atomic E-state index is 12.2. The van der Waals surface area contributed by atoms with E-state index in [-0.39, 0.29) is 12.4 Å². The van der Waals surface area contributed by atoms with Crippen molar-refractivity contribution in [3.05, 3.63) is 48.0 Å². The molecule has 0 aliphatic rings. The van der Waals surface area contributed by atoms with Gasteiger partial charge in [-0.25, -0.2) is 0 Å². The van der Waals surface area contributed by atoms with Crippen molar-refractivity contribution < 1.29 is 27.8 Å². The number of ether oxygens (including phenoxy) is 1. The highest BCUT2D eigenvalue weighted by Gasteiger charge is 2.27. The molecule has 0 aliphatic heterocycles. The number of hydrogen-bond acceptors (Lipinski definition) is 5. The molecule has 7 nitrogen and oxygen atoms in total. The summed E-state index contributed by atoms with van der Waals surface area (Å²) < 4.78 is 42.0. The number of carbonyl (C=O) groups is 1. The molecule has 148 valence electrons. The van der Waals surface area contributed by atoms with Crippen LogP contribution in [0.2, 0.25) is 0 Å². The van der Waals surface area contributed by atoms with Gasteiger partial charge in [0.1, 0.15) is 29.0 Å². The van der Waals surface area contributed by atoms with Crippen LogP contribution < -0.4 is 10.1 Å². The Morgan fingerprint density at radius 1 is 1.14 bits per heavy atom. The SMILES string of the molecule is O=C(COc1ccc(CCO)cc1-n1nc2ccccc2n1)NCC(F)(F)F. The molecule has 0 atom stereocenters. The third kappa shape index (κ3) is 4.97. The molecule has 1 amide bonds. The molecule has 0 unspecified atom stereocenters. The molecule has 3 rings (SSSR count). The minimum atomic E-state index is -4.49. The highest BCUT2D eigenvalue weighted by molar-refractivity contribution is 5.77. The van der Waals surface area contributed by atoms with Gasteiger partial charge in [-0.2, -0.15) is 13.2 Å². The third-order valence-corrected chi connectivity index (χ3v) is 3.77. The van der Waals surface area contributed by atoms with Gasteiger partial charge in [0.25, 0.3) is 5.91 Å². The molecule has 28 heavy (non-hydrogen) atoms.